The molecule has 0 aromatic carbocycles. The molecule has 0 aliphatic heterocycles. The summed E-state index contributed by atoms with van der Waals surface area (Å²) in [6.45, 7) is 5.64. The first-order valence-corrected chi connectivity index (χ1v) is 6.04. The predicted molar refractivity (Wildman–Crippen MR) is 69.8 cm³/mol. The fraction of sp³-hybridized carbons (Fsp3) is 0.583. The number of rotatable bonds is 7. The molecule has 0 saturated heterocycles. The Hall–Kier alpha value is -1.69. The van der Waals surface area contributed by atoms with Crippen molar-refractivity contribution in [2.45, 2.75) is 20.3 Å². The molecule has 0 radical (unpaired) electrons. The van der Waals surface area contributed by atoms with Gasteiger partial charge >= 0.3 is 0 Å². The Kier molecular flexibility index (Phi) is 6.07. The SMILES string of the molecule is CCCNC(=O)c1cc(NCCOC)nc(C)n1. The molecule has 0 aliphatic carbocycles. The van der Waals surface area contributed by atoms with E-state index < -0.39 is 0 Å². The van der Waals surface area contributed by atoms with E-state index in [0.29, 0.717) is 37.0 Å². The molecule has 0 fully saturated rings. The molecule has 1 heterocycles. The normalized spacial score (nSPS) is 10.2. The zero-order valence-corrected chi connectivity index (χ0v) is 11.1. The fourth-order valence-electron chi connectivity index (χ4n) is 1.38. The van der Waals surface area contributed by atoms with E-state index in [-0.39, 0.29) is 5.91 Å². The van der Waals surface area contributed by atoms with Gasteiger partial charge < -0.3 is 15.4 Å². The Morgan fingerprint density at radius 3 is 2.83 bits per heavy atom. The molecule has 2 N–H and O–H groups in total. The van der Waals surface area contributed by atoms with Crippen LogP contribution in [0.4, 0.5) is 5.82 Å². The lowest BCUT2D eigenvalue weighted by Crippen LogP contribution is -2.25. The predicted octanol–water partition coefficient (Wildman–Crippen LogP) is 0.983. The molecule has 0 atom stereocenters. The maximum absolute atomic E-state index is 11.8. The Morgan fingerprint density at radius 1 is 1.39 bits per heavy atom. The molecule has 6 heteroatoms. The third kappa shape index (κ3) is 4.67. The van der Waals surface area contributed by atoms with Gasteiger partial charge in [0.2, 0.25) is 0 Å². The van der Waals surface area contributed by atoms with E-state index in [0.717, 1.165) is 6.42 Å². The Balaban J connectivity index is 2.70. The highest BCUT2D eigenvalue weighted by molar-refractivity contribution is 5.92. The molecule has 1 aromatic heterocycles. The number of hydrogen-bond donors (Lipinski definition) is 2. The van der Waals surface area contributed by atoms with Crippen molar-refractivity contribution in [2.75, 3.05) is 32.1 Å². The number of aryl methyl sites for hydroxylation is 1. The third-order valence-electron chi connectivity index (χ3n) is 2.22. The summed E-state index contributed by atoms with van der Waals surface area (Å²) in [6, 6.07) is 1.65. The van der Waals surface area contributed by atoms with Gasteiger partial charge in [-0.3, -0.25) is 4.79 Å². The number of carbonyl (C=O) groups is 1. The van der Waals surface area contributed by atoms with Crippen molar-refractivity contribution < 1.29 is 9.53 Å². The van der Waals surface area contributed by atoms with Crippen LogP contribution in [0.2, 0.25) is 0 Å². The average Bonchev–Trinajstić information content (AvgIpc) is 2.35. The fourth-order valence-corrected chi connectivity index (χ4v) is 1.38. The van der Waals surface area contributed by atoms with Crippen molar-refractivity contribution in [3.63, 3.8) is 0 Å². The number of nitrogens with zero attached hydrogens (tertiary/aromatic N) is 2. The molecule has 6 nitrogen and oxygen atoms in total. The standard InChI is InChI=1S/C12H20N4O2/c1-4-5-14-12(17)10-8-11(13-6-7-18-3)16-9(2)15-10/h8H,4-7H2,1-3H3,(H,14,17)(H,13,15,16). The molecule has 100 valence electrons. The monoisotopic (exact) mass is 252 g/mol. The first kappa shape index (κ1) is 14.4. The lowest BCUT2D eigenvalue weighted by atomic mass is 10.3. The topological polar surface area (TPSA) is 76.1 Å². The Morgan fingerprint density at radius 2 is 2.17 bits per heavy atom. The van der Waals surface area contributed by atoms with E-state index in [9.17, 15) is 4.79 Å². The molecular formula is C12H20N4O2. The summed E-state index contributed by atoms with van der Waals surface area (Å²) >= 11 is 0. The number of anilines is 1. The van der Waals surface area contributed by atoms with Crippen molar-refractivity contribution in [1.82, 2.24) is 15.3 Å². The molecule has 1 rings (SSSR count). The zero-order valence-electron chi connectivity index (χ0n) is 11.1. The van der Waals surface area contributed by atoms with Crippen LogP contribution >= 0.6 is 0 Å². The summed E-state index contributed by atoms with van der Waals surface area (Å²) in [5.41, 5.74) is 0.385. The lowest BCUT2D eigenvalue weighted by molar-refractivity contribution is 0.0948. The number of carbonyl (C=O) groups excluding carboxylic acids is 1. The van der Waals surface area contributed by atoms with Crippen LogP contribution in [0.5, 0.6) is 0 Å². The highest BCUT2D eigenvalue weighted by Gasteiger charge is 2.09. The van der Waals surface area contributed by atoms with Gasteiger partial charge in [-0.2, -0.15) is 0 Å². The van der Waals surface area contributed by atoms with Gasteiger partial charge in [-0.05, 0) is 13.3 Å². The van der Waals surface area contributed by atoms with Crippen molar-refractivity contribution in [3.8, 4) is 0 Å². The summed E-state index contributed by atoms with van der Waals surface area (Å²) in [7, 11) is 1.64. The summed E-state index contributed by atoms with van der Waals surface area (Å²) in [5.74, 6) is 1.04. The first-order chi connectivity index (χ1) is 8.67. The molecular weight excluding hydrogens is 232 g/mol. The van der Waals surface area contributed by atoms with Crippen LogP contribution in [-0.2, 0) is 4.74 Å². The van der Waals surface area contributed by atoms with Gasteiger partial charge in [-0.25, -0.2) is 9.97 Å². The second-order valence-electron chi connectivity index (χ2n) is 3.86. The first-order valence-electron chi connectivity index (χ1n) is 6.04. The van der Waals surface area contributed by atoms with Gasteiger partial charge in [-0.15, -0.1) is 0 Å². The van der Waals surface area contributed by atoms with E-state index in [1.807, 2.05) is 6.92 Å². The van der Waals surface area contributed by atoms with Crippen molar-refractivity contribution >= 4 is 11.7 Å². The van der Waals surface area contributed by atoms with Gasteiger partial charge in [0.15, 0.2) is 0 Å². The van der Waals surface area contributed by atoms with Gasteiger partial charge in [-0.1, -0.05) is 6.92 Å². The van der Waals surface area contributed by atoms with Gasteiger partial charge in [0, 0.05) is 26.3 Å². The summed E-state index contributed by atoms with van der Waals surface area (Å²) in [6.07, 6.45) is 0.898. The smallest absolute Gasteiger partial charge is 0.270 e. The number of hydrogen-bond acceptors (Lipinski definition) is 5. The molecule has 0 aliphatic rings. The third-order valence-corrected chi connectivity index (χ3v) is 2.22. The van der Waals surface area contributed by atoms with Crippen LogP contribution in [0.3, 0.4) is 0 Å². The van der Waals surface area contributed by atoms with E-state index in [1.54, 1.807) is 20.1 Å². The van der Waals surface area contributed by atoms with Crippen LogP contribution in [0, 0.1) is 6.92 Å². The highest BCUT2D eigenvalue weighted by Crippen LogP contribution is 2.06. The van der Waals surface area contributed by atoms with Crippen LogP contribution in [0.25, 0.3) is 0 Å². The maximum Gasteiger partial charge on any atom is 0.270 e. The number of methoxy groups -OCH3 is 1. The molecule has 0 bridgehead atoms. The molecule has 1 aromatic rings. The Bertz CT molecular complexity index is 396. The van der Waals surface area contributed by atoms with Crippen LogP contribution < -0.4 is 10.6 Å². The quantitative estimate of drug-likeness (QED) is 0.708. The van der Waals surface area contributed by atoms with E-state index >= 15 is 0 Å². The van der Waals surface area contributed by atoms with Crippen molar-refractivity contribution in [3.05, 3.63) is 17.6 Å². The van der Waals surface area contributed by atoms with Gasteiger partial charge in [0.25, 0.3) is 5.91 Å². The largest absolute Gasteiger partial charge is 0.383 e. The van der Waals surface area contributed by atoms with Crippen molar-refractivity contribution in [1.29, 1.82) is 0 Å². The number of aromatic nitrogens is 2. The molecule has 18 heavy (non-hydrogen) atoms. The van der Waals surface area contributed by atoms with E-state index in [2.05, 4.69) is 20.6 Å². The van der Waals surface area contributed by atoms with Gasteiger partial charge in [0.05, 0.1) is 6.61 Å². The Labute approximate surface area is 107 Å². The summed E-state index contributed by atoms with van der Waals surface area (Å²) in [4.78, 5) is 20.1. The zero-order chi connectivity index (χ0) is 13.4. The highest BCUT2D eigenvalue weighted by atomic mass is 16.5. The lowest BCUT2D eigenvalue weighted by Gasteiger charge is -2.08. The van der Waals surface area contributed by atoms with Crippen LogP contribution in [-0.4, -0.2) is 42.7 Å². The molecule has 1 amide bonds. The second kappa shape index (κ2) is 7.60. The number of ether oxygens (including phenoxy) is 1. The average molecular weight is 252 g/mol. The van der Waals surface area contributed by atoms with Crippen LogP contribution in [0.1, 0.15) is 29.7 Å². The van der Waals surface area contributed by atoms with E-state index in [4.69, 9.17) is 4.74 Å². The second-order valence-corrected chi connectivity index (χ2v) is 3.86. The minimum atomic E-state index is -0.169. The molecule has 0 unspecified atom stereocenters. The van der Waals surface area contributed by atoms with Gasteiger partial charge in [0.1, 0.15) is 17.3 Å². The molecule has 0 saturated carbocycles. The number of amides is 1. The summed E-state index contributed by atoms with van der Waals surface area (Å²) in [5, 5.41) is 5.87. The number of nitrogens with one attached hydrogen (secondary N) is 2. The molecule has 0 spiro atoms. The summed E-state index contributed by atoms with van der Waals surface area (Å²) < 4.78 is 4.94. The van der Waals surface area contributed by atoms with Crippen molar-refractivity contribution in [2.24, 2.45) is 0 Å². The minimum Gasteiger partial charge on any atom is -0.383 e. The minimum absolute atomic E-state index is 0.169. The van der Waals surface area contributed by atoms with E-state index in [1.165, 1.54) is 0 Å². The van der Waals surface area contributed by atoms with Crippen LogP contribution in [0.15, 0.2) is 6.07 Å². The maximum atomic E-state index is 11.8.